The van der Waals surface area contributed by atoms with Crippen molar-refractivity contribution in [2.45, 2.75) is 20.0 Å². The Kier molecular flexibility index (Phi) is 6.47. The summed E-state index contributed by atoms with van der Waals surface area (Å²) in [6.45, 7) is 2.33. The molecule has 1 aliphatic heterocycles. The van der Waals surface area contributed by atoms with E-state index in [0.717, 1.165) is 11.1 Å². The van der Waals surface area contributed by atoms with Gasteiger partial charge in [-0.05, 0) is 47.5 Å². The fourth-order valence-corrected chi connectivity index (χ4v) is 3.52. The number of halogens is 1. The Morgan fingerprint density at radius 3 is 2.50 bits per heavy atom. The normalized spacial score (nSPS) is 11.7. The first-order valence-electron chi connectivity index (χ1n) is 9.96. The lowest BCUT2D eigenvalue weighted by molar-refractivity contribution is -0.131. The largest absolute Gasteiger partial charge is 0.454 e. The monoisotopic (exact) mass is 452 g/mol. The van der Waals surface area contributed by atoms with Gasteiger partial charge in [0.2, 0.25) is 6.79 Å². The highest BCUT2D eigenvalue weighted by Crippen LogP contribution is 2.32. The molecule has 4 rings (SSSR count). The van der Waals surface area contributed by atoms with Crippen molar-refractivity contribution in [3.05, 3.63) is 82.4 Å². The van der Waals surface area contributed by atoms with E-state index in [0.29, 0.717) is 46.6 Å². The molecule has 0 spiro atoms. The maximum Gasteiger partial charge on any atom is 0.308 e. The van der Waals surface area contributed by atoms with Crippen molar-refractivity contribution in [1.29, 1.82) is 0 Å². The number of anilines is 1. The molecule has 3 aromatic rings. The third kappa shape index (κ3) is 5.12. The van der Waals surface area contributed by atoms with Crippen molar-refractivity contribution in [2.24, 2.45) is 0 Å². The van der Waals surface area contributed by atoms with Gasteiger partial charge < -0.3 is 24.8 Å². The topological polar surface area (TPSA) is 85.9 Å². The maximum absolute atomic E-state index is 12.9. The van der Waals surface area contributed by atoms with Crippen LogP contribution in [0.2, 0.25) is 5.02 Å². The molecule has 8 heteroatoms. The maximum atomic E-state index is 12.9. The molecule has 0 radical (unpaired) electrons. The summed E-state index contributed by atoms with van der Waals surface area (Å²) in [6.07, 6.45) is 0. The highest BCUT2D eigenvalue weighted by molar-refractivity contribution is 6.34. The minimum absolute atomic E-state index is 0.201. The number of ether oxygens (including phenoxy) is 3. The number of esters is 1. The van der Waals surface area contributed by atoms with Crippen LogP contribution in [-0.2, 0) is 17.9 Å². The van der Waals surface area contributed by atoms with Crippen molar-refractivity contribution < 1.29 is 23.8 Å². The fourth-order valence-electron chi connectivity index (χ4n) is 3.26. The molecular weight excluding hydrogens is 432 g/mol. The fraction of sp³-hybridized carbons (Fsp3) is 0.167. The van der Waals surface area contributed by atoms with Gasteiger partial charge in [0.15, 0.2) is 11.5 Å². The van der Waals surface area contributed by atoms with Crippen LogP contribution in [0.3, 0.4) is 0 Å². The zero-order chi connectivity index (χ0) is 22.5. The van der Waals surface area contributed by atoms with Crippen LogP contribution in [0.15, 0.2) is 60.7 Å². The predicted octanol–water partition coefficient (Wildman–Crippen LogP) is 4.54. The van der Waals surface area contributed by atoms with E-state index in [4.69, 9.17) is 25.8 Å². The molecule has 1 aliphatic rings. The molecule has 0 saturated heterocycles. The van der Waals surface area contributed by atoms with Gasteiger partial charge in [-0.3, -0.25) is 9.59 Å². The van der Waals surface area contributed by atoms with Crippen LogP contribution >= 0.6 is 11.6 Å². The van der Waals surface area contributed by atoms with E-state index < -0.39 is 0 Å². The number of carbonyl (C=O) groups is 2. The van der Waals surface area contributed by atoms with E-state index >= 15 is 0 Å². The van der Waals surface area contributed by atoms with Crippen molar-refractivity contribution in [3.8, 4) is 17.2 Å². The van der Waals surface area contributed by atoms with Crippen molar-refractivity contribution >= 4 is 29.2 Å². The van der Waals surface area contributed by atoms with E-state index in [2.05, 4.69) is 10.6 Å². The van der Waals surface area contributed by atoms with E-state index in [9.17, 15) is 9.59 Å². The SMILES string of the molecule is CC(=O)Oc1ccc(CNc2cccc(Cl)c2C(=O)NCc2ccc3c(c2)OCO3)cc1. The molecule has 164 valence electrons. The first kappa shape index (κ1) is 21.5. The number of hydrogen-bond acceptors (Lipinski definition) is 6. The minimum atomic E-state index is -0.369. The van der Waals surface area contributed by atoms with Crippen LogP contribution in [-0.4, -0.2) is 18.7 Å². The van der Waals surface area contributed by atoms with Gasteiger partial charge in [0.05, 0.1) is 10.6 Å². The molecule has 2 N–H and O–H groups in total. The Morgan fingerprint density at radius 2 is 1.72 bits per heavy atom. The molecule has 0 fully saturated rings. The molecule has 0 aromatic heterocycles. The second kappa shape index (κ2) is 9.62. The predicted molar refractivity (Wildman–Crippen MR) is 120 cm³/mol. The van der Waals surface area contributed by atoms with Crippen LogP contribution in [0, 0.1) is 0 Å². The molecule has 3 aromatic carbocycles. The van der Waals surface area contributed by atoms with Crippen LogP contribution in [0.1, 0.15) is 28.4 Å². The second-order valence-corrected chi connectivity index (χ2v) is 7.53. The smallest absolute Gasteiger partial charge is 0.308 e. The highest BCUT2D eigenvalue weighted by atomic mass is 35.5. The van der Waals surface area contributed by atoms with E-state index in [-0.39, 0.29) is 18.7 Å². The van der Waals surface area contributed by atoms with Crippen LogP contribution in [0.25, 0.3) is 0 Å². The van der Waals surface area contributed by atoms with Gasteiger partial charge >= 0.3 is 5.97 Å². The Balaban J connectivity index is 1.41. The highest BCUT2D eigenvalue weighted by Gasteiger charge is 2.17. The standard InChI is InChI=1S/C24H21ClN2O5/c1-15(28)32-18-8-5-16(6-9-18)12-26-20-4-2-3-19(25)23(20)24(29)27-13-17-7-10-21-22(11-17)31-14-30-21/h2-11,26H,12-14H2,1H3,(H,27,29). The second-order valence-electron chi connectivity index (χ2n) is 7.12. The van der Waals surface area contributed by atoms with Gasteiger partial charge in [-0.25, -0.2) is 0 Å². The third-order valence-corrected chi connectivity index (χ3v) is 5.11. The van der Waals surface area contributed by atoms with Gasteiger partial charge in [-0.2, -0.15) is 0 Å². The lowest BCUT2D eigenvalue weighted by Gasteiger charge is -2.14. The third-order valence-electron chi connectivity index (χ3n) is 4.80. The number of rotatable bonds is 7. The number of amides is 1. The average Bonchev–Trinajstić information content (AvgIpc) is 3.24. The molecule has 0 bridgehead atoms. The summed E-state index contributed by atoms with van der Waals surface area (Å²) in [4.78, 5) is 24.0. The van der Waals surface area contributed by atoms with Crippen molar-refractivity contribution in [1.82, 2.24) is 5.32 Å². The molecule has 0 saturated carbocycles. The summed E-state index contributed by atoms with van der Waals surface area (Å²) in [7, 11) is 0. The molecule has 0 aliphatic carbocycles. The summed E-state index contributed by atoms with van der Waals surface area (Å²) in [5, 5.41) is 6.51. The zero-order valence-electron chi connectivity index (χ0n) is 17.3. The van der Waals surface area contributed by atoms with Gasteiger partial charge in [-0.15, -0.1) is 0 Å². The van der Waals surface area contributed by atoms with Gasteiger partial charge in [0.1, 0.15) is 5.75 Å². The number of hydrogen-bond donors (Lipinski definition) is 2. The Labute approximate surface area is 190 Å². The number of benzene rings is 3. The summed E-state index contributed by atoms with van der Waals surface area (Å²) in [5.41, 5.74) is 2.82. The number of nitrogens with one attached hydrogen (secondary N) is 2. The quantitative estimate of drug-likeness (QED) is 0.404. The molecule has 32 heavy (non-hydrogen) atoms. The summed E-state index contributed by atoms with van der Waals surface area (Å²) < 4.78 is 15.7. The van der Waals surface area contributed by atoms with Crippen molar-refractivity contribution in [2.75, 3.05) is 12.1 Å². The molecule has 1 amide bonds. The van der Waals surface area contributed by atoms with Crippen LogP contribution in [0.4, 0.5) is 5.69 Å². The summed E-state index contributed by atoms with van der Waals surface area (Å²) in [6, 6.07) is 17.9. The first-order valence-corrected chi connectivity index (χ1v) is 10.3. The van der Waals surface area contributed by atoms with E-state index in [1.165, 1.54) is 6.92 Å². The number of carbonyl (C=O) groups excluding carboxylic acids is 2. The summed E-state index contributed by atoms with van der Waals surface area (Å²) >= 11 is 6.35. The van der Waals surface area contributed by atoms with Gasteiger partial charge in [0, 0.05) is 25.7 Å². The number of fused-ring (bicyclic) bond motifs is 1. The van der Waals surface area contributed by atoms with E-state index in [1.807, 2.05) is 30.3 Å². The molecule has 7 nitrogen and oxygen atoms in total. The van der Waals surface area contributed by atoms with Crippen LogP contribution < -0.4 is 24.8 Å². The van der Waals surface area contributed by atoms with Crippen molar-refractivity contribution in [3.63, 3.8) is 0 Å². The molecule has 1 heterocycles. The van der Waals surface area contributed by atoms with Gasteiger partial charge in [0.25, 0.3) is 5.91 Å². The Bertz CT molecular complexity index is 1150. The molecule has 0 unspecified atom stereocenters. The molecule has 0 atom stereocenters. The Morgan fingerprint density at radius 1 is 0.969 bits per heavy atom. The van der Waals surface area contributed by atoms with Crippen LogP contribution in [0.5, 0.6) is 17.2 Å². The first-order chi connectivity index (χ1) is 15.5. The summed E-state index contributed by atoms with van der Waals surface area (Å²) in [5.74, 6) is 1.18. The van der Waals surface area contributed by atoms with E-state index in [1.54, 1.807) is 30.3 Å². The lowest BCUT2D eigenvalue weighted by atomic mass is 10.1. The lowest BCUT2D eigenvalue weighted by Crippen LogP contribution is -2.24. The molecular formula is C24H21ClN2O5. The average molecular weight is 453 g/mol. The Hall–Kier alpha value is -3.71. The minimum Gasteiger partial charge on any atom is -0.454 e. The zero-order valence-corrected chi connectivity index (χ0v) is 18.1. The van der Waals surface area contributed by atoms with Gasteiger partial charge in [-0.1, -0.05) is 35.9 Å².